The maximum absolute atomic E-state index is 12.2. The van der Waals surface area contributed by atoms with Crippen molar-refractivity contribution < 1.29 is 9.59 Å². The van der Waals surface area contributed by atoms with E-state index in [0.717, 1.165) is 0 Å². The zero-order valence-electron chi connectivity index (χ0n) is 11.6. The second-order valence-corrected chi connectivity index (χ2v) is 6.24. The van der Waals surface area contributed by atoms with Gasteiger partial charge in [-0.25, -0.2) is 0 Å². The molecular formula is C12H16Cl6N2O2. The van der Waals surface area contributed by atoms with Gasteiger partial charge < -0.3 is 9.80 Å². The Morgan fingerprint density at radius 1 is 0.591 bits per heavy atom. The molecule has 0 rings (SSSR count). The van der Waals surface area contributed by atoms with Crippen molar-refractivity contribution in [3.8, 4) is 0 Å². The lowest BCUT2D eigenvalue weighted by atomic mass is 10.3. The zero-order chi connectivity index (χ0) is 17.1. The maximum atomic E-state index is 12.2. The second kappa shape index (κ2) is 12.8. The minimum atomic E-state index is -0.599. The van der Waals surface area contributed by atoms with Crippen LogP contribution in [-0.2, 0) is 9.59 Å². The molecular weight excluding hydrogens is 417 g/mol. The van der Waals surface area contributed by atoms with E-state index in [2.05, 4.69) is 0 Å². The fraction of sp³-hybridized carbons (Fsp3) is 0.667. The van der Waals surface area contributed by atoms with Gasteiger partial charge in [0.2, 0.25) is 0 Å². The highest BCUT2D eigenvalue weighted by atomic mass is 35.5. The van der Waals surface area contributed by atoms with Gasteiger partial charge in [-0.05, 0) is 0 Å². The normalized spacial score (nSPS) is 11.9. The van der Waals surface area contributed by atoms with Crippen molar-refractivity contribution >= 4 is 81.4 Å². The van der Waals surface area contributed by atoms with Gasteiger partial charge in [-0.15, -0.1) is 46.4 Å². The van der Waals surface area contributed by atoms with Gasteiger partial charge in [0, 0.05) is 49.7 Å². The average molecular weight is 433 g/mol. The molecule has 0 aromatic rings. The van der Waals surface area contributed by atoms with E-state index in [-0.39, 0.29) is 59.8 Å². The lowest BCUT2D eigenvalue weighted by molar-refractivity contribution is -0.128. The Morgan fingerprint density at radius 2 is 0.818 bits per heavy atom. The van der Waals surface area contributed by atoms with Crippen LogP contribution in [-0.4, -0.2) is 71.3 Å². The Hall–Kier alpha value is 0.420. The highest BCUT2D eigenvalue weighted by Crippen LogP contribution is 2.19. The van der Waals surface area contributed by atoms with Crippen LogP contribution in [0.25, 0.3) is 0 Å². The first-order valence-electron chi connectivity index (χ1n) is 6.32. The minimum Gasteiger partial charge on any atom is -0.335 e. The Kier molecular flexibility index (Phi) is 13.0. The molecule has 0 aromatic heterocycles. The lowest BCUT2D eigenvalue weighted by Gasteiger charge is -2.23. The molecule has 22 heavy (non-hydrogen) atoms. The van der Waals surface area contributed by atoms with Gasteiger partial charge in [0.25, 0.3) is 11.8 Å². The molecule has 2 amide bonds. The van der Waals surface area contributed by atoms with Crippen LogP contribution >= 0.6 is 69.6 Å². The van der Waals surface area contributed by atoms with Crippen LogP contribution in [0.2, 0.25) is 0 Å². The van der Waals surface area contributed by atoms with Crippen LogP contribution in [0.4, 0.5) is 0 Å². The van der Waals surface area contributed by atoms with Crippen molar-refractivity contribution in [1.29, 1.82) is 0 Å². The summed E-state index contributed by atoms with van der Waals surface area (Å²) in [7, 11) is 0. The van der Waals surface area contributed by atoms with Crippen molar-refractivity contribution in [2.75, 3.05) is 49.7 Å². The summed E-state index contributed by atoms with van der Waals surface area (Å²) in [5.41, 5.74) is 0. The largest absolute Gasteiger partial charge is 0.335 e. The monoisotopic (exact) mass is 430 g/mol. The molecule has 0 radical (unpaired) electrons. The summed E-state index contributed by atoms with van der Waals surface area (Å²) in [4.78, 5) is 27.1. The number of alkyl halides is 4. The summed E-state index contributed by atoms with van der Waals surface area (Å²) in [5.74, 6) is -0.353. The minimum absolute atomic E-state index is 0.211. The summed E-state index contributed by atoms with van der Waals surface area (Å²) < 4.78 is 0. The predicted octanol–water partition coefficient (Wildman–Crippen LogP) is 3.29. The van der Waals surface area contributed by atoms with Crippen LogP contribution in [0.15, 0.2) is 10.1 Å². The first-order chi connectivity index (χ1) is 10.4. The predicted molar refractivity (Wildman–Crippen MR) is 94.8 cm³/mol. The molecule has 0 aromatic carbocycles. The molecule has 10 heteroatoms. The highest BCUT2D eigenvalue weighted by Gasteiger charge is 2.25. The van der Waals surface area contributed by atoms with Gasteiger partial charge >= 0.3 is 0 Å². The lowest BCUT2D eigenvalue weighted by Crippen LogP contribution is -2.37. The number of carbonyl (C=O) groups excluding carboxylic acids is 2. The summed E-state index contributed by atoms with van der Waals surface area (Å²) in [6, 6.07) is 0. The molecule has 0 N–H and O–H groups in total. The van der Waals surface area contributed by atoms with Gasteiger partial charge in [-0.1, -0.05) is 23.2 Å². The molecule has 0 saturated carbocycles. The fourth-order valence-corrected chi connectivity index (χ4v) is 2.72. The molecule has 0 heterocycles. The van der Waals surface area contributed by atoms with Crippen molar-refractivity contribution in [2.45, 2.75) is 0 Å². The van der Waals surface area contributed by atoms with Crippen molar-refractivity contribution in [1.82, 2.24) is 9.80 Å². The first kappa shape index (κ1) is 22.4. The van der Waals surface area contributed by atoms with E-state index in [9.17, 15) is 9.59 Å². The van der Waals surface area contributed by atoms with E-state index >= 15 is 0 Å². The van der Waals surface area contributed by atoms with E-state index in [1.54, 1.807) is 0 Å². The molecule has 0 fully saturated rings. The second-order valence-electron chi connectivity index (χ2n) is 3.97. The summed E-state index contributed by atoms with van der Waals surface area (Å²) in [6.45, 7) is 0.979. The zero-order valence-corrected chi connectivity index (χ0v) is 16.2. The van der Waals surface area contributed by atoms with Gasteiger partial charge in [0.05, 0.1) is 0 Å². The third-order valence-electron chi connectivity index (χ3n) is 2.56. The Balaban J connectivity index is 5.21. The van der Waals surface area contributed by atoms with Crippen molar-refractivity contribution in [3.63, 3.8) is 0 Å². The molecule has 0 aliphatic heterocycles. The van der Waals surface area contributed by atoms with Gasteiger partial charge in [0.1, 0.15) is 10.1 Å². The SMILES string of the molecule is O=C(/C(Cl)=C(/Cl)C(=O)N(CCCl)CCCl)N(CCCl)CCCl. The van der Waals surface area contributed by atoms with Crippen LogP contribution < -0.4 is 0 Å². The van der Waals surface area contributed by atoms with Crippen LogP contribution in [0.1, 0.15) is 0 Å². The summed E-state index contributed by atoms with van der Waals surface area (Å²) >= 11 is 34.4. The molecule has 4 nitrogen and oxygen atoms in total. The molecule has 0 spiro atoms. The van der Waals surface area contributed by atoms with E-state index in [1.807, 2.05) is 0 Å². The number of carbonyl (C=O) groups is 2. The third kappa shape index (κ3) is 7.33. The first-order valence-corrected chi connectivity index (χ1v) is 9.21. The summed E-state index contributed by atoms with van der Waals surface area (Å²) in [6.07, 6.45) is 0. The van der Waals surface area contributed by atoms with Gasteiger partial charge in [-0.3, -0.25) is 9.59 Å². The van der Waals surface area contributed by atoms with E-state index in [4.69, 9.17) is 69.6 Å². The standard InChI is InChI=1S/C12H16Cl6N2O2/c13-1-5-19(6-2-14)11(21)9(17)10(18)12(22)20(7-3-15)8-4-16/h1-8H2/b10-9-. The molecule has 0 atom stereocenters. The Morgan fingerprint density at radius 3 is 1.00 bits per heavy atom. The van der Waals surface area contributed by atoms with Crippen LogP contribution in [0.3, 0.4) is 0 Å². The quantitative estimate of drug-likeness (QED) is 0.392. The van der Waals surface area contributed by atoms with Crippen molar-refractivity contribution in [2.24, 2.45) is 0 Å². The van der Waals surface area contributed by atoms with Crippen molar-refractivity contribution in [3.05, 3.63) is 10.1 Å². The van der Waals surface area contributed by atoms with E-state index in [1.165, 1.54) is 9.80 Å². The average Bonchev–Trinajstić information content (AvgIpc) is 2.51. The molecule has 0 aliphatic rings. The number of hydrogen-bond donors (Lipinski definition) is 0. The Bertz CT molecular complexity index is 357. The smallest absolute Gasteiger partial charge is 0.267 e. The number of hydrogen-bond acceptors (Lipinski definition) is 2. The maximum Gasteiger partial charge on any atom is 0.267 e. The number of rotatable bonds is 10. The number of halogens is 6. The summed E-state index contributed by atoms with van der Waals surface area (Å²) in [5, 5.41) is -0.757. The number of nitrogens with zero attached hydrogens (tertiary/aromatic N) is 2. The van der Waals surface area contributed by atoms with Gasteiger partial charge in [-0.2, -0.15) is 0 Å². The van der Waals surface area contributed by atoms with Gasteiger partial charge in [0.15, 0.2) is 0 Å². The molecule has 0 unspecified atom stereocenters. The molecule has 128 valence electrons. The molecule has 0 saturated heterocycles. The topological polar surface area (TPSA) is 40.6 Å². The van der Waals surface area contributed by atoms with Crippen LogP contribution in [0, 0.1) is 0 Å². The molecule has 0 bridgehead atoms. The number of amides is 2. The highest BCUT2D eigenvalue weighted by molar-refractivity contribution is 6.53. The Labute approximate surface area is 160 Å². The molecule has 0 aliphatic carbocycles. The third-order valence-corrected chi connectivity index (χ3v) is 4.03. The van der Waals surface area contributed by atoms with Crippen LogP contribution in [0.5, 0.6) is 0 Å². The van der Waals surface area contributed by atoms with E-state index in [0.29, 0.717) is 0 Å². The van der Waals surface area contributed by atoms with E-state index < -0.39 is 11.8 Å². The fourth-order valence-electron chi connectivity index (χ4n) is 1.50.